The highest BCUT2D eigenvalue weighted by Crippen LogP contribution is 2.20. The van der Waals surface area contributed by atoms with Crippen molar-refractivity contribution in [3.63, 3.8) is 0 Å². The minimum Gasteiger partial charge on any atom is -0.478 e. The van der Waals surface area contributed by atoms with Gasteiger partial charge in [-0.15, -0.1) is 0 Å². The number of nitrogens with one attached hydrogen (secondary N) is 2. The Kier molecular flexibility index (Phi) is 3.24. The van der Waals surface area contributed by atoms with Crippen molar-refractivity contribution in [1.82, 2.24) is 10.4 Å². The number of pyridine rings is 1. The second-order valence-electron chi connectivity index (χ2n) is 3.49. The molecule has 1 heterocycles. The van der Waals surface area contributed by atoms with Crippen LogP contribution in [-0.2, 0) is 0 Å². The summed E-state index contributed by atoms with van der Waals surface area (Å²) in [4.78, 5) is 15.4. The third kappa shape index (κ3) is 2.46. The van der Waals surface area contributed by atoms with E-state index in [-0.39, 0.29) is 10.7 Å². The van der Waals surface area contributed by atoms with Crippen molar-refractivity contribution in [2.75, 3.05) is 5.43 Å². The number of para-hydroxylation sites is 1. The Morgan fingerprint density at radius 1 is 1.39 bits per heavy atom. The molecule has 0 saturated heterocycles. The zero-order chi connectivity index (χ0) is 13.1. The Morgan fingerprint density at radius 2 is 2.11 bits per heavy atom. The van der Waals surface area contributed by atoms with Gasteiger partial charge in [0.25, 0.3) is 0 Å². The van der Waals surface area contributed by atoms with Crippen molar-refractivity contribution in [3.8, 4) is 0 Å². The lowest BCUT2D eigenvalue weighted by Crippen LogP contribution is -2.34. The van der Waals surface area contributed by atoms with Crippen LogP contribution in [0.4, 0.5) is 5.82 Å². The Bertz CT molecular complexity index is 629. The molecule has 2 aromatic rings. The molecule has 0 saturated carbocycles. The lowest BCUT2D eigenvalue weighted by molar-refractivity contribution is 0.0699. The van der Waals surface area contributed by atoms with Crippen LogP contribution in [0.1, 0.15) is 10.4 Å². The summed E-state index contributed by atoms with van der Waals surface area (Å²) in [5.74, 6) is -0.689. The molecule has 1 aromatic heterocycles. The number of benzene rings is 1. The predicted octanol–water partition coefficient (Wildman–Crippen LogP) is 1.09. The Morgan fingerprint density at radius 3 is 2.78 bits per heavy atom. The lowest BCUT2D eigenvalue weighted by atomic mass is 10.1. The number of carboxylic acids is 1. The standard InChI is InChI=1S/C11H10N4O2S/c12-11(18)15-14-9-5-7(10(16)17)6-3-1-2-4-8(6)13-9/h1-5H,(H,13,14)(H,16,17)(H3,12,15,18). The lowest BCUT2D eigenvalue weighted by Gasteiger charge is -2.09. The summed E-state index contributed by atoms with van der Waals surface area (Å²) in [6.45, 7) is 0. The van der Waals surface area contributed by atoms with Gasteiger partial charge in [0, 0.05) is 5.39 Å². The number of nitrogens with two attached hydrogens (primary N) is 1. The van der Waals surface area contributed by atoms with E-state index in [1.807, 2.05) is 0 Å². The van der Waals surface area contributed by atoms with E-state index in [0.717, 1.165) is 0 Å². The average Bonchev–Trinajstić information content (AvgIpc) is 2.35. The summed E-state index contributed by atoms with van der Waals surface area (Å²) in [5.41, 5.74) is 11.1. The molecule has 0 atom stereocenters. The van der Waals surface area contributed by atoms with E-state index in [1.54, 1.807) is 24.3 Å². The maximum atomic E-state index is 11.2. The second-order valence-corrected chi connectivity index (χ2v) is 3.93. The molecule has 0 aliphatic heterocycles. The van der Waals surface area contributed by atoms with Crippen LogP contribution in [0.2, 0.25) is 0 Å². The van der Waals surface area contributed by atoms with Gasteiger partial charge in [-0.1, -0.05) is 18.2 Å². The van der Waals surface area contributed by atoms with Crippen LogP contribution in [0.25, 0.3) is 10.9 Å². The molecule has 0 aliphatic rings. The van der Waals surface area contributed by atoms with E-state index in [1.165, 1.54) is 6.07 Å². The average molecular weight is 262 g/mol. The molecular weight excluding hydrogens is 252 g/mol. The van der Waals surface area contributed by atoms with Crippen LogP contribution >= 0.6 is 12.2 Å². The Labute approximate surface area is 108 Å². The fourth-order valence-electron chi connectivity index (χ4n) is 1.54. The molecule has 92 valence electrons. The summed E-state index contributed by atoms with van der Waals surface area (Å²) in [5, 5.41) is 9.78. The van der Waals surface area contributed by atoms with Crippen molar-refractivity contribution < 1.29 is 9.90 Å². The fourth-order valence-corrected chi connectivity index (χ4v) is 1.59. The number of fused-ring (bicyclic) bond motifs is 1. The maximum Gasteiger partial charge on any atom is 0.336 e. The summed E-state index contributed by atoms with van der Waals surface area (Å²) in [7, 11) is 0. The quantitative estimate of drug-likeness (QED) is 0.485. The van der Waals surface area contributed by atoms with Gasteiger partial charge in [0.05, 0.1) is 11.1 Å². The number of rotatable bonds is 3. The molecule has 5 N–H and O–H groups in total. The van der Waals surface area contributed by atoms with Crippen molar-refractivity contribution in [2.45, 2.75) is 0 Å². The monoisotopic (exact) mass is 262 g/mol. The van der Waals surface area contributed by atoms with Gasteiger partial charge >= 0.3 is 5.97 Å². The first kappa shape index (κ1) is 12.1. The van der Waals surface area contributed by atoms with Crippen LogP contribution in [0.5, 0.6) is 0 Å². The summed E-state index contributed by atoms with van der Waals surface area (Å²) < 4.78 is 0. The number of aromatic carboxylic acids is 1. The van der Waals surface area contributed by atoms with Gasteiger partial charge in [-0.05, 0) is 24.4 Å². The third-order valence-corrected chi connectivity index (χ3v) is 2.36. The van der Waals surface area contributed by atoms with Gasteiger partial charge < -0.3 is 10.8 Å². The normalized spacial score (nSPS) is 10.0. The number of carbonyl (C=O) groups is 1. The molecule has 0 radical (unpaired) electrons. The molecule has 0 spiro atoms. The number of hydrogen-bond acceptors (Lipinski definition) is 4. The van der Waals surface area contributed by atoms with Crippen LogP contribution < -0.4 is 16.6 Å². The first-order chi connectivity index (χ1) is 8.58. The number of nitrogens with zero attached hydrogens (tertiary/aromatic N) is 1. The molecule has 0 bridgehead atoms. The van der Waals surface area contributed by atoms with Crippen molar-refractivity contribution in [1.29, 1.82) is 0 Å². The molecule has 1 aromatic carbocycles. The van der Waals surface area contributed by atoms with Gasteiger partial charge in [0.1, 0.15) is 5.82 Å². The number of aromatic nitrogens is 1. The molecule has 2 rings (SSSR count). The zero-order valence-electron chi connectivity index (χ0n) is 9.18. The van der Waals surface area contributed by atoms with E-state index in [2.05, 4.69) is 28.1 Å². The Balaban J connectivity index is 2.50. The molecule has 0 amide bonds. The van der Waals surface area contributed by atoms with Gasteiger partial charge in [-0.2, -0.15) is 0 Å². The first-order valence-electron chi connectivity index (χ1n) is 5.02. The third-order valence-electron chi connectivity index (χ3n) is 2.26. The molecule has 6 nitrogen and oxygen atoms in total. The minimum absolute atomic E-state index is 0.0434. The van der Waals surface area contributed by atoms with Crippen LogP contribution in [0, 0.1) is 0 Å². The first-order valence-corrected chi connectivity index (χ1v) is 5.43. The highest BCUT2D eigenvalue weighted by atomic mass is 32.1. The van der Waals surface area contributed by atoms with E-state index in [4.69, 9.17) is 10.8 Å². The number of anilines is 1. The van der Waals surface area contributed by atoms with Crippen molar-refractivity contribution in [3.05, 3.63) is 35.9 Å². The second kappa shape index (κ2) is 4.84. The van der Waals surface area contributed by atoms with E-state index in [0.29, 0.717) is 16.7 Å². The highest BCUT2D eigenvalue weighted by molar-refractivity contribution is 7.80. The smallest absolute Gasteiger partial charge is 0.336 e. The summed E-state index contributed by atoms with van der Waals surface area (Å²) >= 11 is 4.64. The van der Waals surface area contributed by atoms with Crippen molar-refractivity contribution >= 4 is 40.0 Å². The number of hydrogen-bond donors (Lipinski definition) is 4. The van der Waals surface area contributed by atoms with Gasteiger partial charge in [-0.3, -0.25) is 10.9 Å². The molecule has 0 fully saturated rings. The summed E-state index contributed by atoms with van der Waals surface area (Å²) in [6, 6.07) is 8.39. The van der Waals surface area contributed by atoms with Gasteiger partial charge in [-0.25, -0.2) is 9.78 Å². The zero-order valence-corrected chi connectivity index (χ0v) is 9.99. The Hall–Kier alpha value is -2.41. The van der Waals surface area contributed by atoms with Gasteiger partial charge in [0.2, 0.25) is 0 Å². The number of thiocarbonyl (C=S) groups is 1. The van der Waals surface area contributed by atoms with Crippen molar-refractivity contribution in [2.24, 2.45) is 5.73 Å². The largest absolute Gasteiger partial charge is 0.478 e. The van der Waals surface area contributed by atoms with Gasteiger partial charge in [0.15, 0.2) is 5.11 Å². The molecule has 0 aliphatic carbocycles. The molecule has 0 unspecified atom stereocenters. The predicted molar refractivity (Wildman–Crippen MR) is 72.2 cm³/mol. The molecule has 18 heavy (non-hydrogen) atoms. The van der Waals surface area contributed by atoms with E-state index >= 15 is 0 Å². The van der Waals surface area contributed by atoms with Crippen LogP contribution in [0.3, 0.4) is 0 Å². The van der Waals surface area contributed by atoms with Crippen LogP contribution in [-0.4, -0.2) is 21.2 Å². The molecular formula is C11H10N4O2S. The van der Waals surface area contributed by atoms with E-state index < -0.39 is 5.97 Å². The number of hydrazine groups is 1. The van der Waals surface area contributed by atoms with E-state index in [9.17, 15) is 4.79 Å². The number of carboxylic acid groups (broad SMARTS) is 1. The topological polar surface area (TPSA) is 100 Å². The molecule has 7 heteroatoms. The van der Waals surface area contributed by atoms with Crippen LogP contribution in [0.15, 0.2) is 30.3 Å². The minimum atomic E-state index is -1.02. The highest BCUT2D eigenvalue weighted by Gasteiger charge is 2.11. The fraction of sp³-hybridized carbons (Fsp3) is 0. The maximum absolute atomic E-state index is 11.2. The SMILES string of the molecule is NC(=S)NNc1cc(C(=O)O)c2ccccc2n1. The summed E-state index contributed by atoms with van der Waals surface area (Å²) in [6.07, 6.45) is 0.